The average molecular weight is 276 g/mol. The molecule has 6 heteroatoms. The second-order valence-corrected chi connectivity index (χ2v) is 6.07. The lowest BCUT2D eigenvalue weighted by Crippen LogP contribution is -2.41. The van der Waals surface area contributed by atoms with Gasteiger partial charge in [-0.1, -0.05) is 13.8 Å². The molecule has 1 atom stereocenters. The van der Waals surface area contributed by atoms with E-state index in [4.69, 9.17) is 4.42 Å². The third kappa shape index (κ3) is 2.46. The number of nitrogens with zero attached hydrogens (tertiary/aromatic N) is 3. The Morgan fingerprint density at radius 2 is 2.20 bits per heavy atom. The maximum absolute atomic E-state index is 12.3. The molecule has 6 nitrogen and oxygen atoms in total. The van der Waals surface area contributed by atoms with Crippen LogP contribution in [0.3, 0.4) is 0 Å². The van der Waals surface area contributed by atoms with E-state index in [0.29, 0.717) is 17.3 Å². The highest BCUT2D eigenvalue weighted by molar-refractivity contribution is 5.92. The molecule has 1 aliphatic carbocycles. The van der Waals surface area contributed by atoms with E-state index >= 15 is 0 Å². The second-order valence-electron chi connectivity index (χ2n) is 6.07. The predicted molar refractivity (Wildman–Crippen MR) is 72.6 cm³/mol. The van der Waals surface area contributed by atoms with Gasteiger partial charge in [0.05, 0.1) is 5.69 Å². The van der Waals surface area contributed by atoms with Gasteiger partial charge in [-0.25, -0.2) is 4.98 Å². The molecule has 0 aromatic carbocycles. The van der Waals surface area contributed by atoms with Crippen LogP contribution < -0.4 is 5.32 Å². The fourth-order valence-electron chi connectivity index (χ4n) is 2.73. The van der Waals surface area contributed by atoms with E-state index in [1.807, 2.05) is 13.8 Å². The minimum atomic E-state index is -0.185. The monoisotopic (exact) mass is 276 g/mol. The van der Waals surface area contributed by atoms with E-state index in [1.54, 1.807) is 6.92 Å². The molecular formula is C14H20N4O2. The number of aromatic nitrogens is 1. The summed E-state index contributed by atoms with van der Waals surface area (Å²) < 4.78 is 5.58. The number of carbonyl (C=O) groups is 1. The van der Waals surface area contributed by atoms with Gasteiger partial charge in [-0.05, 0) is 26.2 Å². The van der Waals surface area contributed by atoms with Crippen molar-refractivity contribution in [1.82, 2.24) is 10.3 Å². The molecule has 0 saturated heterocycles. The zero-order valence-corrected chi connectivity index (χ0v) is 12.1. The molecule has 1 aromatic heterocycles. The lowest BCUT2D eigenvalue weighted by molar-refractivity contribution is 0.0891. The summed E-state index contributed by atoms with van der Waals surface area (Å²) in [6, 6.07) is 0.123. The topological polar surface area (TPSA) is 79.9 Å². The van der Waals surface area contributed by atoms with Crippen LogP contribution in [-0.2, 0) is 0 Å². The van der Waals surface area contributed by atoms with Crippen LogP contribution >= 0.6 is 0 Å². The zero-order valence-electron chi connectivity index (χ0n) is 12.1. The Bertz CT molecular complexity index is 556. The molecule has 1 aromatic rings. The molecule has 1 fully saturated rings. The molecule has 2 aliphatic rings. The fraction of sp³-hybridized carbons (Fsp3) is 0.714. The van der Waals surface area contributed by atoms with Crippen molar-refractivity contribution >= 4 is 5.91 Å². The first-order valence-corrected chi connectivity index (χ1v) is 7.21. The molecule has 1 spiro atoms. The number of hydrogen-bond donors (Lipinski definition) is 1. The van der Waals surface area contributed by atoms with Gasteiger partial charge in [-0.2, -0.15) is 10.2 Å². The molecule has 0 bridgehead atoms. The number of nitrogens with one attached hydrogen (secondary N) is 1. The predicted octanol–water partition coefficient (Wildman–Crippen LogP) is 2.94. The van der Waals surface area contributed by atoms with Gasteiger partial charge in [0.2, 0.25) is 5.76 Å². The molecule has 2 heterocycles. The molecule has 108 valence electrons. The quantitative estimate of drug-likeness (QED) is 0.921. The molecule has 3 rings (SSSR count). The van der Waals surface area contributed by atoms with E-state index < -0.39 is 0 Å². The van der Waals surface area contributed by atoms with Crippen molar-refractivity contribution in [1.29, 1.82) is 0 Å². The first-order valence-electron chi connectivity index (χ1n) is 7.21. The number of hydrogen-bond acceptors (Lipinski definition) is 5. The van der Waals surface area contributed by atoms with Crippen LogP contribution in [0.15, 0.2) is 14.6 Å². The highest BCUT2D eigenvalue weighted by atomic mass is 16.4. The number of amides is 1. The Morgan fingerprint density at radius 1 is 1.45 bits per heavy atom. The van der Waals surface area contributed by atoms with Crippen LogP contribution in [0, 0.1) is 6.92 Å². The van der Waals surface area contributed by atoms with E-state index in [2.05, 4.69) is 20.5 Å². The smallest absolute Gasteiger partial charge is 0.289 e. The van der Waals surface area contributed by atoms with Crippen LogP contribution in [0.5, 0.6) is 0 Å². The molecular weight excluding hydrogens is 256 g/mol. The van der Waals surface area contributed by atoms with Gasteiger partial charge >= 0.3 is 0 Å². The maximum Gasteiger partial charge on any atom is 0.289 e. The van der Waals surface area contributed by atoms with Crippen LogP contribution in [-0.4, -0.2) is 22.6 Å². The Hall–Kier alpha value is -1.72. The first kappa shape index (κ1) is 13.3. The van der Waals surface area contributed by atoms with Gasteiger partial charge in [-0.3, -0.25) is 4.79 Å². The van der Waals surface area contributed by atoms with Crippen LogP contribution in [0.1, 0.15) is 67.6 Å². The summed E-state index contributed by atoms with van der Waals surface area (Å²) >= 11 is 0. The van der Waals surface area contributed by atoms with Gasteiger partial charge in [0.1, 0.15) is 0 Å². The highest BCUT2D eigenvalue weighted by Gasteiger charge is 2.44. The lowest BCUT2D eigenvalue weighted by Gasteiger charge is -2.26. The van der Waals surface area contributed by atoms with Gasteiger partial charge in [0.25, 0.3) is 5.91 Å². The van der Waals surface area contributed by atoms with E-state index in [0.717, 1.165) is 25.7 Å². The van der Waals surface area contributed by atoms with Crippen molar-refractivity contribution in [3.8, 4) is 0 Å². The normalized spacial score (nSPS) is 23.3. The maximum atomic E-state index is 12.3. The summed E-state index contributed by atoms with van der Waals surface area (Å²) in [6.45, 7) is 5.79. The summed E-state index contributed by atoms with van der Waals surface area (Å²) in [7, 11) is 0. The molecule has 1 amide bonds. The molecule has 1 saturated carbocycles. The van der Waals surface area contributed by atoms with Crippen molar-refractivity contribution in [2.45, 2.75) is 64.1 Å². The number of carbonyl (C=O) groups excluding carboxylic acids is 1. The molecule has 0 radical (unpaired) electrons. The lowest BCUT2D eigenvalue weighted by atomic mass is 9.88. The third-order valence-corrected chi connectivity index (χ3v) is 3.93. The molecule has 1 N–H and O–H groups in total. The zero-order chi connectivity index (χ0) is 14.3. The molecule has 1 unspecified atom stereocenters. The van der Waals surface area contributed by atoms with Gasteiger partial charge < -0.3 is 9.73 Å². The average Bonchev–Trinajstić information content (AvgIpc) is 2.99. The summed E-state index contributed by atoms with van der Waals surface area (Å²) in [5.41, 5.74) is 0.466. The van der Waals surface area contributed by atoms with E-state index in [1.165, 1.54) is 0 Å². The fourth-order valence-corrected chi connectivity index (χ4v) is 2.73. The first-order chi connectivity index (χ1) is 9.49. The summed E-state index contributed by atoms with van der Waals surface area (Å²) in [5, 5.41) is 11.2. The van der Waals surface area contributed by atoms with Crippen molar-refractivity contribution in [3.05, 3.63) is 17.3 Å². The van der Waals surface area contributed by atoms with Crippen molar-refractivity contribution in [2.24, 2.45) is 10.2 Å². The van der Waals surface area contributed by atoms with Crippen molar-refractivity contribution in [2.75, 3.05) is 0 Å². The highest BCUT2D eigenvalue weighted by Crippen LogP contribution is 2.42. The summed E-state index contributed by atoms with van der Waals surface area (Å²) in [6.07, 6.45) is 3.84. The van der Waals surface area contributed by atoms with Crippen LogP contribution in [0.4, 0.5) is 0 Å². The Morgan fingerprint density at radius 3 is 2.80 bits per heavy atom. The van der Waals surface area contributed by atoms with E-state index in [-0.39, 0.29) is 23.5 Å². The van der Waals surface area contributed by atoms with Gasteiger partial charge in [0, 0.05) is 18.4 Å². The van der Waals surface area contributed by atoms with Crippen molar-refractivity contribution in [3.63, 3.8) is 0 Å². The Kier molecular flexibility index (Phi) is 3.11. The van der Waals surface area contributed by atoms with Gasteiger partial charge in [0.15, 0.2) is 11.6 Å². The Labute approximate surface area is 118 Å². The largest absolute Gasteiger partial charge is 0.435 e. The number of aryl methyl sites for hydroxylation is 1. The standard InChI is InChI=1S/C14H20N4O2/c1-8(2)13-15-9(3)11(20-13)12(19)16-10-5-4-6-14(7-10)17-18-14/h8,10H,4-7H2,1-3H3,(H,16,19). The number of rotatable bonds is 3. The minimum Gasteiger partial charge on any atom is -0.435 e. The SMILES string of the molecule is Cc1nc(C(C)C)oc1C(=O)NC1CCCC2(C1)N=N2. The third-order valence-electron chi connectivity index (χ3n) is 3.93. The minimum absolute atomic E-state index is 0.123. The summed E-state index contributed by atoms with van der Waals surface area (Å²) in [5.74, 6) is 0.944. The van der Waals surface area contributed by atoms with Crippen LogP contribution in [0.2, 0.25) is 0 Å². The Balaban J connectivity index is 1.66. The molecule has 1 aliphatic heterocycles. The summed E-state index contributed by atoms with van der Waals surface area (Å²) in [4.78, 5) is 16.6. The van der Waals surface area contributed by atoms with Crippen LogP contribution in [0.25, 0.3) is 0 Å². The second kappa shape index (κ2) is 4.68. The van der Waals surface area contributed by atoms with Gasteiger partial charge in [-0.15, -0.1) is 0 Å². The van der Waals surface area contributed by atoms with Crippen molar-refractivity contribution < 1.29 is 9.21 Å². The van der Waals surface area contributed by atoms with E-state index in [9.17, 15) is 4.79 Å². The molecule has 20 heavy (non-hydrogen) atoms. The number of oxazole rings is 1.